The second kappa shape index (κ2) is 10.8. The molecular weight excluding hydrogens is 434 g/mol. The van der Waals surface area contributed by atoms with Crippen LogP contribution in [0.1, 0.15) is 19.4 Å². The van der Waals surface area contributed by atoms with E-state index >= 15 is 0 Å². The molecule has 1 aromatic rings. The number of nitro groups is 1. The highest BCUT2D eigenvalue weighted by Gasteiger charge is 2.54. The quantitative estimate of drug-likeness (QED) is 0.244. The number of benzene rings is 1. The van der Waals surface area contributed by atoms with E-state index in [2.05, 4.69) is 0 Å². The maximum absolute atomic E-state index is 12.3. The van der Waals surface area contributed by atoms with Crippen LogP contribution >= 0.6 is 0 Å². The number of carbonyl (C=O) groups is 3. The van der Waals surface area contributed by atoms with E-state index in [1.165, 1.54) is 13.2 Å². The summed E-state index contributed by atoms with van der Waals surface area (Å²) >= 11 is 0. The van der Waals surface area contributed by atoms with Gasteiger partial charge in [-0.15, -0.1) is 0 Å². The molecule has 1 aromatic carbocycles. The van der Waals surface area contributed by atoms with E-state index in [-0.39, 0.29) is 17.0 Å². The lowest BCUT2D eigenvalue weighted by Crippen LogP contribution is -2.64. The number of ether oxygens (including phenoxy) is 6. The smallest absolute Gasteiger partial charge is 0.339 e. The Morgan fingerprint density at radius 3 is 2.22 bits per heavy atom. The van der Waals surface area contributed by atoms with Crippen molar-refractivity contribution in [2.45, 2.75) is 51.2 Å². The first-order chi connectivity index (χ1) is 15.1. The fourth-order valence-corrected chi connectivity index (χ4v) is 3.15. The van der Waals surface area contributed by atoms with Crippen molar-refractivity contribution in [2.75, 3.05) is 14.2 Å². The van der Waals surface area contributed by atoms with Crippen molar-refractivity contribution in [1.82, 2.24) is 0 Å². The molecule has 13 heteroatoms. The summed E-state index contributed by atoms with van der Waals surface area (Å²) in [6, 6.07) is 3.47. The van der Waals surface area contributed by atoms with Gasteiger partial charge in [0.15, 0.2) is 24.4 Å². The van der Waals surface area contributed by atoms with E-state index in [1.807, 2.05) is 0 Å². The fourth-order valence-electron chi connectivity index (χ4n) is 3.15. The highest BCUT2D eigenvalue weighted by atomic mass is 16.7. The molecule has 0 aromatic heterocycles. The molecule has 1 saturated heterocycles. The molecule has 0 bridgehead atoms. The Bertz CT molecular complexity index is 872. The molecule has 1 fully saturated rings. The van der Waals surface area contributed by atoms with Gasteiger partial charge < -0.3 is 33.5 Å². The Labute approximate surface area is 182 Å². The van der Waals surface area contributed by atoms with E-state index in [9.17, 15) is 29.6 Å². The van der Waals surface area contributed by atoms with Gasteiger partial charge in [0.05, 0.1) is 18.6 Å². The van der Waals surface area contributed by atoms with Crippen LogP contribution in [-0.4, -0.2) is 72.9 Å². The second-order valence-electron chi connectivity index (χ2n) is 6.62. The summed E-state index contributed by atoms with van der Waals surface area (Å²) in [5, 5.41) is 20.6. The van der Waals surface area contributed by atoms with Gasteiger partial charge in [-0.3, -0.25) is 19.7 Å². The number of non-ortho nitro benzene ring substituents is 1. The van der Waals surface area contributed by atoms with Crippen LogP contribution in [0.3, 0.4) is 0 Å². The van der Waals surface area contributed by atoms with Gasteiger partial charge in [-0.2, -0.15) is 0 Å². The first-order valence-electron chi connectivity index (χ1n) is 9.28. The van der Waals surface area contributed by atoms with Crippen molar-refractivity contribution >= 4 is 23.6 Å². The van der Waals surface area contributed by atoms with Crippen LogP contribution in [0.5, 0.6) is 5.75 Å². The van der Waals surface area contributed by atoms with Crippen LogP contribution in [-0.2, 0) is 44.7 Å². The Hall–Kier alpha value is -3.29. The fraction of sp³-hybridized carbons (Fsp3) is 0.526. The maximum atomic E-state index is 12.3. The number of hydrogen-bond acceptors (Lipinski definition) is 12. The number of carbonyl (C=O) groups excluding carboxylic acids is 3. The monoisotopic (exact) mass is 457 g/mol. The lowest BCUT2D eigenvalue weighted by atomic mass is 9.97. The van der Waals surface area contributed by atoms with Crippen molar-refractivity contribution in [3.8, 4) is 5.75 Å². The third kappa shape index (κ3) is 5.69. The van der Waals surface area contributed by atoms with Crippen LogP contribution in [0.25, 0.3) is 0 Å². The van der Waals surface area contributed by atoms with Gasteiger partial charge in [0.1, 0.15) is 5.75 Å². The summed E-state index contributed by atoms with van der Waals surface area (Å²) in [4.78, 5) is 46.0. The number of methoxy groups -OCH3 is 2. The minimum atomic E-state index is -1.56. The number of rotatable bonds is 8. The van der Waals surface area contributed by atoms with E-state index in [1.54, 1.807) is 0 Å². The Balaban J connectivity index is 2.47. The average molecular weight is 457 g/mol. The van der Waals surface area contributed by atoms with Crippen LogP contribution in [0.15, 0.2) is 18.2 Å². The Morgan fingerprint density at radius 1 is 1.09 bits per heavy atom. The molecule has 13 nitrogen and oxygen atoms in total. The van der Waals surface area contributed by atoms with E-state index in [4.69, 9.17) is 28.4 Å². The Morgan fingerprint density at radius 2 is 1.72 bits per heavy atom. The van der Waals surface area contributed by atoms with E-state index in [0.29, 0.717) is 0 Å². The second-order valence-corrected chi connectivity index (χ2v) is 6.62. The largest absolute Gasteiger partial charge is 0.467 e. The average Bonchev–Trinajstić information content (AvgIpc) is 2.74. The molecule has 0 spiro atoms. The molecule has 1 heterocycles. The summed E-state index contributed by atoms with van der Waals surface area (Å²) in [5.41, 5.74) is -0.229. The molecule has 176 valence electrons. The normalized spacial score (nSPS) is 24.8. The van der Waals surface area contributed by atoms with Crippen LogP contribution in [0.2, 0.25) is 0 Å². The predicted octanol–water partition coefficient (Wildman–Crippen LogP) is 0.242. The molecule has 0 saturated carbocycles. The van der Waals surface area contributed by atoms with Crippen LogP contribution in [0, 0.1) is 10.1 Å². The zero-order chi connectivity index (χ0) is 24.0. The first-order valence-corrected chi connectivity index (χ1v) is 9.28. The number of nitro benzene ring substituents is 1. The molecule has 2 rings (SSSR count). The highest BCUT2D eigenvalue weighted by Crippen LogP contribution is 2.32. The Kier molecular flexibility index (Phi) is 8.46. The predicted molar refractivity (Wildman–Crippen MR) is 102 cm³/mol. The third-order valence-electron chi connectivity index (χ3n) is 4.47. The minimum absolute atomic E-state index is 0.0127. The maximum Gasteiger partial charge on any atom is 0.339 e. The van der Waals surface area contributed by atoms with Crippen molar-refractivity contribution in [3.05, 3.63) is 33.9 Å². The van der Waals surface area contributed by atoms with Gasteiger partial charge in [0.2, 0.25) is 6.29 Å². The number of hydrogen-bond donors (Lipinski definition) is 1. The number of esters is 3. The molecule has 0 radical (unpaired) electrons. The first kappa shape index (κ1) is 25.0. The number of aliphatic hydroxyl groups is 1. The minimum Gasteiger partial charge on any atom is -0.467 e. The van der Waals surface area contributed by atoms with Gasteiger partial charge in [-0.05, 0) is 6.07 Å². The SMILES string of the molecule is COC(=O)C1OC(Oc2ccc([N+](=O)[O-])cc2CO)C(OC)C(OC(C)=O)C1OC(C)=O. The molecule has 32 heavy (non-hydrogen) atoms. The van der Waals surface area contributed by atoms with Gasteiger partial charge in [-0.1, -0.05) is 0 Å². The lowest BCUT2D eigenvalue weighted by molar-refractivity contribution is -0.385. The van der Waals surface area contributed by atoms with Crippen molar-refractivity contribution in [3.63, 3.8) is 0 Å². The number of aliphatic hydroxyl groups excluding tert-OH is 1. The summed E-state index contributed by atoms with van der Waals surface area (Å²) in [5.74, 6) is -2.49. The molecule has 1 aliphatic rings. The molecule has 1 aliphatic heterocycles. The lowest BCUT2D eigenvalue weighted by Gasteiger charge is -2.43. The zero-order valence-electron chi connectivity index (χ0n) is 17.7. The number of nitrogens with zero attached hydrogens (tertiary/aromatic N) is 1. The summed E-state index contributed by atoms with van der Waals surface area (Å²) in [7, 11) is 2.32. The van der Waals surface area contributed by atoms with Crippen molar-refractivity contribution in [2.24, 2.45) is 0 Å². The summed E-state index contributed by atoms with van der Waals surface area (Å²) < 4.78 is 31.9. The molecule has 0 aliphatic carbocycles. The molecular formula is C19H23NO12. The van der Waals surface area contributed by atoms with Gasteiger partial charge in [0.25, 0.3) is 5.69 Å². The van der Waals surface area contributed by atoms with Crippen molar-refractivity contribution < 1.29 is 52.8 Å². The van der Waals surface area contributed by atoms with Gasteiger partial charge >= 0.3 is 17.9 Å². The molecule has 1 N–H and O–H groups in total. The van der Waals surface area contributed by atoms with Gasteiger partial charge in [-0.25, -0.2) is 4.79 Å². The van der Waals surface area contributed by atoms with Crippen LogP contribution in [0.4, 0.5) is 5.69 Å². The molecule has 0 amide bonds. The van der Waals surface area contributed by atoms with Gasteiger partial charge in [0, 0.05) is 38.7 Å². The topological polar surface area (TPSA) is 170 Å². The summed E-state index contributed by atoms with van der Waals surface area (Å²) in [6.07, 6.45) is -6.93. The molecule has 5 atom stereocenters. The van der Waals surface area contributed by atoms with E-state index < -0.39 is 60.1 Å². The highest BCUT2D eigenvalue weighted by molar-refractivity contribution is 5.77. The standard InChI is InChI=1S/C19H23NO12/c1-9(22)29-14-15(30-10(2)23)17(27-3)19(32-16(14)18(24)28-4)31-13-6-5-12(20(25)26)7-11(13)8-21/h5-7,14-17,19,21H,8H2,1-4H3. The summed E-state index contributed by atoms with van der Waals surface area (Å²) in [6.45, 7) is 1.59. The third-order valence-corrected chi connectivity index (χ3v) is 4.47. The van der Waals surface area contributed by atoms with Crippen LogP contribution < -0.4 is 4.74 Å². The van der Waals surface area contributed by atoms with Crippen molar-refractivity contribution in [1.29, 1.82) is 0 Å². The zero-order valence-corrected chi connectivity index (χ0v) is 17.7. The molecule has 5 unspecified atom stereocenters. The van der Waals surface area contributed by atoms with E-state index in [0.717, 1.165) is 33.1 Å².